The predicted molar refractivity (Wildman–Crippen MR) is 126 cm³/mol. The van der Waals surface area contributed by atoms with E-state index in [0.29, 0.717) is 15.1 Å². The van der Waals surface area contributed by atoms with E-state index >= 15 is 0 Å². The number of nitrogens with zero attached hydrogens (tertiary/aromatic N) is 4. The van der Waals surface area contributed by atoms with Crippen molar-refractivity contribution < 1.29 is 4.79 Å². The lowest BCUT2D eigenvalue weighted by atomic mass is 10.1. The van der Waals surface area contributed by atoms with Gasteiger partial charge in [0.05, 0.1) is 10.0 Å². The molecule has 1 aromatic carbocycles. The second-order valence-electron chi connectivity index (χ2n) is 7.11. The first-order valence-electron chi connectivity index (χ1n) is 10.1. The summed E-state index contributed by atoms with van der Waals surface area (Å²) in [5.41, 5.74) is 6.90. The van der Waals surface area contributed by atoms with Gasteiger partial charge < -0.3 is 10.6 Å². The molecule has 164 valence electrons. The van der Waals surface area contributed by atoms with Gasteiger partial charge in [0.25, 0.3) is 0 Å². The van der Waals surface area contributed by atoms with Crippen LogP contribution >= 0.6 is 34.8 Å². The van der Waals surface area contributed by atoms with Crippen LogP contribution < -0.4 is 5.73 Å². The lowest BCUT2D eigenvalue weighted by molar-refractivity contribution is 0.196. The highest BCUT2D eigenvalue weighted by molar-refractivity contribution is 6.36. The molecule has 4 rings (SSSR count). The molecule has 2 N–H and O–H groups in total. The van der Waals surface area contributed by atoms with Gasteiger partial charge in [-0.2, -0.15) is 0 Å². The van der Waals surface area contributed by atoms with Crippen LogP contribution in [0.1, 0.15) is 31.9 Å². The number of pyridine rings is 1. The van der Waals surface area contributed by atoms with Gasteiger partial charge in [-0.1, -0.05) is 41.7 Å². The van der Waals surface area contributed by atoms with E-state index in [4.69, 9.17) is 40.5 Å². The number of likely N-dealkylation sites (tertiary alicyclic amines) is 1. The lowest BCUT2D eigenvalue weighted by Gasteiger charge is -2.24. The summed E-state index contributed by atoms with van der Waals surface area (Å²) in [7, 11) is 0. The van der Waals surface area contributed by atoms with E-state index in [1.807, 2.05) is 22.9 Å². The normalized spacial score (nSPS) is 13.5. The van der Waals surface area contributed by atoms with Crippen molar-refractivity contribution in [3.05, 3.63) is 63.5 Å². The monoisotopic (exact) mass is 479 g/mol. The summed E-state index contributed by atoms with van der Waals surface area (Å²) in [6.07, 6.45) is 7.73. The highest BCUT2D eigenvalue weighted by atomic mass is 35.5. The minimum Gasteiger partial charge on any atom is -0.351 e. The Kier molecular flexibility index (Phi) is 8.18. The van der Waals surface area contributed by atoms with E-state index in [2.05, 4.69) is 16.9 Å². The Hall–Kier alpha value is -2.28. The van der Waals surface area contributed by atoms with Gasteiger partial charge in [0.2, 0.25) is 0 Å². The largest absolute Gasteiger partial charge is 0.351 e. The number of urea groups is 1. The Balaban J connectivity index is 0.000000254. The summed E-state index contributed by atoms with van der Waals surface area (Å²) in [5, 5.41) is 1.73. The Bertz CT molecular complexity index is 1030. The summed E-state index contributed by atoms with van der Waals surface area (Å²) in [5.74, 6) is 1.48. The molecular formula is C22H24Cl3N5O. The summed E-state index contributed by atoms with van der Waals surface area (Å²) in [4.78, 5) is 21.1. The molecule has 0 spiro atoms. The smallest absolute Gasteiger partial charge is 0.314 e. The molecule has 0 radical (unpaired) electrons. The molecule has 2 aromatic heterocycles. The van der Waals surface area contributed by atoms with Gasteiger partial charge in [0, 0.05) is 41.8 Å². The molecule has 3 heterocycles. The molecule has 1 fully saturated rings. The number of nitrogens with two attached hydrogens (primary N) is 1. The third-order valence-electron chi connectivity index (χ3n) is 4.98. The molecule has 0 atom stereocenters. The first-order valence-corrected chi connectivity index (χ1v) is 11.2. The summed E-state index contributed by atoms with van der Waals surface area (Å²) < 4.78 is 1.98. The maximum absolute atomic E-state index is 10.5. The fourth-order valence-corrected chi connectivity index (χ4v) is 3.97. The first kappa shape index (κ1) is 23.4. The van der Waals surface area contributed by atoms with Crippen LogP contribution in [0.2, 0.25) is 15.1 Å². The molecule has 2 amide bonds. The number of carbonyl (C=O) groups excluding carboxylic acids is 1. The molecule has 1 aliphatic rings. The van der Waals surface area contributed by atoms with Gasteiger partial charge in [-0.15, -0.1) is 0 Å². The quantitative estimate of drug-likeness (QED) is 0.499. The van der Waals surface area contributed by atoms with E-state index < -0.39 is 0 Å². The third-order valence-corrected chi connectivity index (χ3v) is 5.75. The molecule has 6 nitrogen and oxygen atoms in total. The fourth-order valence-electron chi connectivity index (χ4n) is 3.37. The highest BCUT2D eigenvalue weighted by Crippen LogP contribution is 2.31. The van der Waals surface area contributed by atoms with Crippen LogP contribution in [-0.2, 0) is 6.42 Å². The van der Waals surface area contributed by atoms with Crippen LogP contribution in [0.5, 0.6) is 0 Å². The number of primary amides is 1. The summed E-state index contributed by atoms with van der Waals surface area (Å²) >= 11 is 18.2. The van der Waals surface area contributed by atoms with E-state index in [0.717, 1.165) is 55.3 Å². The molecule has 31 heavy (non-hydrogen) atoms. The SMILES string of the molecule is CCc1cnc(-c2ccc(Cl)cc2Cl)n1-c1ccc(Cl)cn1.NC(=O)N1CCCCC1. The number of hydrogen-bond acceptors (Lipinski definition) is 3. The molecule has 1 saturated heterocycles. The number of aromatic nitrogens is 3. The highest BCUT2D eigenvalue weighted by Gasteiger charge is 2.16. The van der Waals surface area contributed by atoms with E-state index in [-0.39, 0.29) is 6.03 Å². The zero-order chi connectivity index (χ0) is 22.4. The topological polar surface area (TPSA) is 77.0 Å². The fraction of sp³-hybridized carbons (Fsp3) is 0.318. The van der Waals surface area contributed by atoms with Crippen LogP contribution in [0.4, 0.5) is 4.79 Å². The minimum atomic E-state index is -0.269. The first-order chi connectivity index (χ1) is 14.9. The molecule has 0 saturated carbocycles. The Morgan fingerprint density at radius 2 is 1.71 bits per heavy atom. The standard InChI is InChI=1S/C16H12Cl3N3.C6H12N2O/c1-2-12-9-21-16(13-5-3-10(17)7-14(13)19)22(12)15-6-4-11(18)8-20-15;7-6(9)8-4-2-1-3-5-8/h3-9H,2H2,1H3;1-5H2,(H2,7,9). The van der Waals surface area contributed by atoms with Crippen molar-refractivity contribution in [1.82, 2.24) is 19.4 Å². The number of hydrogen-bond donors (Lipinski definition) is 1. The molecule has 0 unspecified atom stereocenters. The van der Waals surface area contributed by atoms with Crippen molar-refractivity contribution in [2.75, 3.05) is 13.1 Å². The average molecular weight is 481 g/mol. The van der Waals surface area contributed by atoms with Crippen LogP contribution in [0.15, 0.2) is 42.7 Å². The molecular weight excluding hydrogens is 457 g/mol. The number of halogens is 3. The Labute approximate surface area is 196 Å². The summed E-state index contributed by atoms with van der Waals surface area (Å²) in [6, 6.07) is 8.75. The van der Waals surface area contributed by atoms with Crippen molar-refractivity contribution >= 4 is 40.8 Å². The molecule has 0 aliphatic carbocycles. The van der Waals surface area contributed by atoms with E-state index in [1.54, 1.807) is 29.3 Å². The van der Waals surface area contributed by atoms with Crippen molar-refractivity contribution in [1.29, 1.82) is 0 Å². The molecule has 0 bridgehead atoms. The molecule has 1 aliphatic heterocycles. The molecule has 3 aromatic rings. The Morgan fingerprint density at radius 3 is 2.26 bits per heavy atom. The number of piperidine rings is 1. The zero-order valence-corrected chi connectivity index (χ0v) is 19.5. The van der Waals surface area contributed by atoms with Gasteiger partial charge in [-0.3, -0.25) is 4.57 Å². The van der Waals surface area contributed by atoms with Crippen LogP contribution in [0.25, 0.3) is 17.2 Å². The second kappa shape index (κ2) is 10.8. The van der Waals surface area contributed by atoms with E-state index in [1.165, 1.54) is 6.42 Å². The lowest BCUT2D eigenvalue weighted by Crippen LogP contribution is -2.39. The number of amides is 2. The van der Waals surface area contributed by atoms with Crippen molar-refractivity contribution in [2.45, 2.75) is 32.6 Å². The third kappa shape index (κ3) is 5.91. The number of carbonyl (C=O) groups is 1. The van der Waals surface area contributed by atoms with Crippen molar-refractivity contribution in [2.24, 2.45) is 5.73 Å². The van der Waals surface area contributed by atoms with Gasteiger partial charge in [0.1, 0.15) is 11.6 Å². The van der Waals surface area contributed by atoms with Gasteiger partial charge >= 0.3 is 6.03 Å². The minimum absolute atomic E-state index is 0.269. The predicted octanol–water partition coefficient (Wildman–Crippen LogP) is 6.01. The van der Waals surface area contributed by atoms with Crippen LogP contribution in [0.3, 0.4) is 0 Å². The second-order valence-corrected chi connectivity index (χ2v) is 8.39. The van der Waals surface area contributed by atoms with Crippen molar-refractivity contribution in [3.63, 3.8) is 0 Å². The number of imidazole rings is 1. The number of benzene rings is 1. The van der Waals surface area contributed by atoms with E-state index in [9.17, 15) is 4.79 Å². The van der Waals surface area contributed by atoms with Gasteiger partial charge in [-0.05, 0) is 56.0 Å². The molecule has 9 heteroatoms. The maximum atomic E-state index is 10.5. The van der Waals surface area contributed by atoms with Crippen LogP contribution in [-0.4, -0.2) is 38.6 Å². The van der Waals surface area contributed by atoms with Gasteiger partial charge in [-0.25, -0.2) is 14.8 Å². The maximum Gasteiger partial charge on any atom is 0.314 e. The van der Waals surface area contributed by atoms with Crippen LogP contribution in [0, 0.1) is 0 Å². The number of rotatable bonds is 3. The average Bonchev–Trinajstić information content (AvgIpc) is 3.19. The number of aryl methyl sites for hydroxylation is 1. The zero-order valence-electron chi connectivity index (χ0n) is 17.2. The Morgan fingerprint density at radius 1 is 1.00 bits per heavy atom. The van der Waals surface area contributed by atoms with Gasteiger partial charge in [0.15, 0.2) is 0 Å². The van der Waals surface area contributed by atoms with Crippen molar-refractivity contribution in [3.8, 4) is 17.2 Å². The summed E-state index contributed by atoms with van der Waals surface area (Å²) in [6.45, 7) is 3.78.